The molecule has 0 aliphatic heterocycles. The third-order valence-corrected chi connectivity index (χ3v) is 2.88. The molecule has 0 saturated heterocycles. The van der Waals surface area contributed by atoms with Crippen LogP contribution in [0.5, 0.6) is 5.75 Å². The highest BCUT2D eigenvalue weighted by Crippen LogP contribution is 2.23. The molecule has 1 nitrogen and oxygen atoms in total. The predicted octanol–water partition coefficient (Wildman–Crippen LogP) is 3.18. The van der Waals surface area contributed by atoms with Gasteiger partial charge >= 0.3 is 0 Å². The maximum absolute atomic E-state index is 5.23. The summed E-state index contributed by atoms with van der Waals surface area (Å²) in [6.45, 7) is 4.29. The molecule has 1 aromatic carbocycles. The van der Waals surface area contributed by atoms with Gasteiger partial charge in [-0.1, -0.05) is 0 Å². The second kappa shape index (κ2) is 4.56. The van der Waals surface area contributed by atoms with E-state index in [0.717, 1.165) is 11.5 Å². The van der Waals surface area contributed by atoms with Gasteiger partial charge in [-0.2, -0.15) is 11.8 Å². The number of hydrogen-bond donors (Lipinski definition) is 0. The summed E-state index contributed by atoms with van der Waals surface area (Å²) in [7, 11) is 1.72. The molecule has 0 saturated carbocycles. The average Bonchev–Trinajstić information content (AvgIpc) is 2.13. The van der Waals surface area contributed by atoms with Gasteiger partial charge in [0.1, 0.15) is 5.75 Å². The molecule has 0 aromatic heterocycles. The third kappa shape index (κ3) is 2.41. The van der Waals surface area contributed by atoms with E-state index in [2.05, 4.69) is 32.2 Å². The zero-order valence-electron chi connectivity index (χ0n) is 8.68. The van der Waals surface area contributed by atoms with E-state index in [4.69, 9.17) is 4.74 Å². The summed E-state index contributed by atoms with van der Waals surface area (Å²) in [6, 6.07) is 4.21. The predicted molar refractivity (Wildman–Crippen MR) is 59.7 cm³/mol. The number of thioether (sulfide) groups is 1. The van der Waals surface area contributed by atoms with Crippen molar-refractivity contribution in [3.63, 3.8) is 0 Å². The molecular formula is C11H16OS. The Morgan fingerprint density at radius 1 is 1.31 bits per heavy atom. The molecule has 0 heterocycles. The molecule has 0 N–H and O–H groups in total. The maximum atomic E-state index is 5.23. The fraction of sp³-hybridized carbons (Fsp3) is 0.455. The topological polar surface area (TPSA) is 9.23 Å². The molecular weight excluding hydrogens is 180 g/mol. The Morgan fingerprint density at radius 3 is 2.54 bits per heavy atom. The van der Waals surface area contributed by atoms with Gasteiger partial charge in [0.15, 0.2) is 0 Å². The molecule has 0 atom stereocenters. The smallest absolute Gasteiger partial charge is 0.119 e. The lowest BCUT2D eigenvalue weighted by Gasteiger charge is -2.10. The Hall–Kier alpha value is -0.630. The van der Waals surface area contributed by atoms with Gasteiger partial charge in [-0.05, 0) is 48.9 Å². The van der Waals surface area contributed by atoms with Crippen molar-refractivity contribution in [1.82, 2.24) is 0 Å². The van der Waals surface area contributed by atoms with E-state index in [0.29, 0.717) is 0 Å². The van der Waals surface area contributed by atoms with E-state index in [9.17, 15) is 0 Å². The monoisotopic (exact) mass is 196 g/mol. The van der Waals surface area contributed by atoms with Crippen LogP contribution >= 0.6 is 11.8 Å². The van der Waals surface area contributed by atoms with E-state index in [1.54, 1.807) is 7.11 Å². The first-order valence-corrected chi connectivity index (χ1v) is 5.71. The van der Waals surface area contributed by atoms with Crippen LogP contribution < -0.4 is 4.74 Å². The van der Waals surface area contributed by atoms with E-state index >= 15 is 0 Å². The third-order valence-electron chi connectivity index (χ3n) is 2.28. The number of benzene rings is 1. The lowest BCUT2D eigenvalue weighted by molar-refractivity contribution is 0.414. The SMILES string of the molecule is COc1cc(C)c(C)c(CSC)c1. The van der Waals surface area contributed by atoms with Gasteiger partial charge in [-0.3, -0.25) is 0 Å². The van der Waals surface area contributed by atoms with Crippen molar-refractivity contribution in [2.24, 2.45) is 0 Å². The molecule has 1 aromatic rings. The molecule has 0 amide bonds. The zero-order chi connectivity index (χ0) is 9.84. The molecule has 0 unspecified atom stereocenters. The Morgan fingerprint density at radius 2 is 2.00 bits per heavy atom. The van der Waals surface area contributed by atoms with Gasteiger partial charge in [-0.15, -0.1) is 0 Å². The van der Waals surface area contributed by atoms with Gasteiger partial charge < -0.3 is 4.74 Å². The van der Waals surface area contributed by atoms with Crippen LogP contribution in [0.3, 0.4) is 0 Å². The summed E-state index contributed by atoms with van der Waals surface area (Å²) in [5.74, 6) is 2.02. The van der Waals surface area contributed by atoms with Crippen LogP contribution in [0.4, 0.5) is 0 Å². The Balaban J connectivity index is 3.09. The molecule has 0 bridgehead atoms. The fourth-order valence-corrected chi connectivity index (χ4v) is 1.93. The number of methoxy groups -OCH3 is 1. The number of aryl methyl sites for hydroxylation is 1. The van der Waals surface area contributed by atoms with Crippen molar-refractivity contribution in [2.45, 2.75) is 19.6 Å². The van der Waals surface area contributed by atoms with Crippen molar-refractivity contribution in [2.75, 3.05) is 13.4 Å². The van der Waals surface area contributed by atoms with Gasteiger partial charge in [0.25, 0.3) is 0 Å². The molecule has 1 rings (SSSR count). The fourth-order valence-electron chi connectivity index (χ4n) is 1.32. The van der Waals surface area contributed by atoms with E-state index in [1.165, 1.54) is 16.7 Å². The summed E-state index contributed by atoms with van der Waals surface area (Å²) < 4.78 is 5.23. The highest BCUT2D eigenvalue weighted by Gasteiger charge is 2.03. The van der Waals surface area contributed by atoms with Crippen molar-refractivity contribution in [3.8, 4) is 5.75 Å². The molecule has 13 heavy (non-hydrogen) atoms. The van der Waals surface area contributed by atoms with Gasteiger partial charge in [0.05, 0.1) is 7.11 Å². The molecule has 0 radical (unpaired) electrons. The first-order chi connectivity index (χ1) is 6.19. The molecule has 0 aliphatic carbocycles. The van der Waals surface area contributed by atoms with Crippen LogP contribution in [0.2, 0.25) is 0 Å². The summed E-state index contributed by atoms with van der Waals surface area (Å²) in [4.78, 5) is 0. The zero-order valence-corrected chi connectivity index (χ0v) is 9.49. The molecule has 0 fully saturated rings. The number of hydrogen-bond acceptors (Lipinski definition) is 2. The minimum absolute atomic E-state index is 0.965. The minimum atomic E-state index is 0.965. The second-order valence-corrected chi connectivity index (χ2v) is 4.03. The largest absolute Gasteiger partial charge is 0.497 e. The number of rotatable bonds is 3. The first kappa shape index (κ1) is 10.5. The summed E-state index contributed by atoms with van der Waals surface area (Å²) >= 11 is 1.84. The van der Waals surface area contributed by atoms with Crippen LogP contribution in [0.25, 0.3) is 0 Å². The van der Waals surface area contributed by atoms with E-state index in [-0.39, 0.29) is 0 Å². The molecule has 72 valence electrons. The Bertz CT molecular complexity index is 294. The van der Waals surface area contributed by atoms with Gasteiger partial charge in [-0.25, -0.2) is 0 Å². The quantitative estimate of drug-likeness (QED) is 0.734. The van der Waals surface area contributed by atoms with Crippen LogP contribution in [0, 0.1) is 13.8 Å². The molecule has 2 heteroatoms. The highest BCUT2D eigenvalue weighted by molar-refractivity contribution is 7.97. The minimum Gasteiger partial charge on any atom is -0.497 e. The lowest BCUT2D eigenvalue weighted by Crippen LogP contribution is -1.93. The number of ether oxygens (including phenoxy) is 1. The highest BCUT2D eigenvalue weighted by atomic mass is 32.2. The lowest BCUT2D eigenvalue weighted by atomic mass is 10.0. The molecule has 0 spiro atoms. The van der Waals surface area contributed by atoms with Crippen molar-refractivity contribution in [3.05, 3.63) is 28.8 Å². The van der Waals surface area contributed by atoms with Gasteiger partial charge in [0, 0.05) is 5.75 Å². The average molecular weight is 196 g/mol. The first-order valence-electron chi connectivity index (χ1n) is 4.32. The normalized spacial score (nSPS) is 10.2. The summed E-state index contributed by atoms with van der Waals surface area (Å²) in [5, 5.41) is 0. The maximum Gasteiger partial charge on any atom is 0.119 e. The van der Waals surface area contributed by atoms with Crippen LogP contribution in [0.15, 0.2) is 12.1 Å². The second-order valence-electron chi connectivity index (χ2n) is 3.16. The van der Waals surface area contributed by atoms with Crippen molar-refractivity contribution in [1.29, 1.82) is 0 Å². The Labute approximate surface area is 84.5 Å². The van der Waals surface area contributed by atoms with E-state index in [1.807, 2.05) is 11.8 Å². The summed E-state index contributed by atoms with van der Waals surface area (Å²) in [5.41, 5.74) is 4.07. The van der Waals surface area contributed by atoms with E-state index < -0.39 is 0 Å². The van der Waals surface area contributed by atoms with Crippen LogP contribution in [-0.4, -0.2) is 13.4 Å². The molecule has 0 aliphatic rings. The summed E-state index contributed by atoms with van der Waals surface area (Å²) in [6.07, 6.45) is 2.12. The Kier molecular flexibility index (Phi) is 3.67. The van der Waals surface area contributed by atoms with Crippen LogP contribution in [-0.2, 0) is 5.75 Å². The van der Waals surface area contributed by atoms with Gasteiger partial charge in [0.2, 0.25) is 0 Å². The van der Waals surface area contributed by atoms with Crippen molar-refractivity contribution >= 4 is 11.8 Å². The standard InChI is InChI=1S/C11H16OS/c1-8-5-11(12-3)6-10(7-13-4)9(8)2/h5-6H,7H2,1-4H3. The van der Waals surface area contributed by atoms with Crippen LogP contribution in [0.1, 0.15) is 16.7 Å². The van der Waals surface area contributed by atoms with Crippen molar-refractivity contribution < 1.29 is 4.74 Å².